The molecule has 1 aromatic heterocycles. The van der Waals surface area contributed by atoms with Crippen LogP contribution in [0.1, 0.15) is 23.0 Å². The van der Waals surface area contributed by atoms with Crippen LogP contribution in [0.2, 0.25) is 0 Å². The first-order valence-electron chi connectivity index (χ1n) is 5.71. The van der Waals surface area contributed by atoms with E-state index in [0.717, 1.165) is 11.3 Å². The lowest BCUT2D eigenvalue weighted by Gasteiger charge is -2.00. The van der Waals surface area contributed by atoms with Crippen molar-refractivity contribution in [3.63, 3.8) is 0 Å². The lowest BCUT2D eigenvalue weighted by Crippen LogP contribution is -2.04. The molecule has 0 unspecified atom stereocenters. The zero-order valence-corrected chi connectivity index (χ0v) is 11.9. The van der Waals surface area contributed by atoms with Gasteiger partial charge in [0.2, 0.25) is 0 Å². The molecule has 0 atom stereocenters. The van der Waals surface area contributed by atoms with Crippen LogP contribution in [0.15, 0.2) is 35.4 Å². The predicted molar refractivity (Wildman–Crippen MR) is 75.3 cm³/mol. The highest BCUT2D eigenvalue weighted by atomic mass is 79.9. The highest BCUT2D eigenvalue weighted by molar-refractivity contribution is 9.11. The van der Waals surface area contributed by atoms with Crippen molar-refractivity contribution in [3.05, 3.63) is 46.7 Å². The minimum atomic E-state index is -0.465. The molecule has 2 rings (SSSR count). The number of hydrogen-bond acceptors (Lipinski definition) is 4. The second kappa shape index (κ2) is 6.29. The molecule has 2 aromatic rings. The van der Waals surface area contributed by atoms with E-state index in [9.17, 15) is 4.79 Å². The summed E-state index contributed by atoms with van der Waals surface area (Å²) in [7, 11) is 0. The fraction of sp³-hybridized carbons (Fsp3) is 0.154. The van der Waals surface area contributed by atoms with Crippen molar-refractivity contribution in [1.29, 1.82) is 0 Å². The molecule has 0 aliphatic heterocycles. The number of rotatable bonds is 4. The Kier molecular flexibility index (Phi) is 4.46. The predicted octanol–water partition coefficient (Wildman–Crippen LogP) is 2.81. The first-order valence-corrected chi connectivity index (χ1v) is 6.63. The van der Waals surface area contributed by atoms with Crippen LogP contribution in [-0.4, -0.2) is 27.6 Å². The first-order chi connectivity index (χ1) is 9.24. The van der Waals surface area contributed by atoms with Gasteiger partial charge in [-0.25, -0.2) is 9.48 Å². The minimum absolute atomic E-state index is 0.200. The molecule has 0 saturated carbocycles. The zero-order valence-electron chi connectivity index (χ0n) is 10.3. The van der Waals surface area contributed by atoms with E-state index in [0.29, 0.717) is 6.61 Å². The number of aromatic nitrogens is 3. The summed E-state index contributed by atoms with van der Waals surface area (Å²) in [6.07, 6.45) is 3.47. The Morgan fingerprint density at radius 3 is 2.79 bits per heavy atom. The van der Waals surface area contributed by atoms with Crippen LogP contribution in [0.3, 0.4) is 0 Å². The average Bonchev–Trinajstić information content (AvgIpc) is 2.90. The van der Waals surface area contributed by atoms with Crippen LogP contribution in [0.4, 0.5) is 0 Å². The third-order valence-corrected chi connectivity index (χ3v) is 2.66. The molecule has 0 fully saturated rings. The smallest absolute Gasteiger partial charge is 0.360 e. The summed E-state index contributed by atoms with van der Waals surface area (Å²) in [5.74, 6) is -0.465. The fourth-order valence-corrected chi connectivity index (χ4v) is 1.80. The minimum Gasteiger partial charge on any atom is -0.461 e. The van der Waals surface area contributed by atoms with Gasteiger partial charge in [0, 0.05) is 0 Å². The number of nitrogens with zero attached hydrogens (tertiary/aromatic N) is 3. The molecule has 0 N–H and O–H groups in total. The Labute approximate surface area is 119 Å². The molecule has 0 aliphatic carbocycles. The number of esters is 1. The van der Waals surface area contributed by atoms with Crippen LogP contribution < -0.4 is 0 Å². The topological polar surface area (TPSA) is 57.0 Å². The molecule has 0 amide bonds. The third kappa shape index (κ3) is 3.29. The highest BCUT2D eigenvalue weighted by Gasteiger charge is 2.11. The normalized spacial score (nSPS) is 10.8. The van der Waals surface area contributed by atoms with Crippen molar-refractivity contribution in [3.8, 4) is 5.69 Å². The molecule has 0 aliphatic rings. The monoisotopic (exact) mass is 321 g/mol. The summed E-state index contributed by atoms with van der Waals surface area (Å²) in [4.78, 5) is 13.3. The molecule has 6 heteroatoms. The molecule has 98 valence electrons. The SMILES string of the molecule is CCOC(=O)c1cn(-c2ccc(/C=C\Br)cc2)nn1. The van der Waals surface area contributed by atoms with Gasteiger partial charge in [-0.05, 0) is 35.7 Å². The van der Waals surface area contributed by atoms with Crippen molar-refractivity contribution in [2.24, 2.45) is 0 Å². The van der Waals surface area contributed by atoms with E-state index in [4.69, 9.17) is 4.74 Å². The van der Waals surface area contributed by atoms with Gasteiger partial charge in [-0.1, -0.05) is 33.3 Å². The number of hydrogen-bond donors (Lipinski definition) is 0. The largest absolute Gasteiger partial charge is 0.461 e. The van der Waals surface area contributed by atoms with E-state index in [2.05, 4.69) is 26.2 Å². The molecular formula is C13H12BrN3O2. The second-order valence-electron chi connectivity index (χ2n) is 3.65. The molecule has 0 bridgehead atoms. The van der Waals surface area contributed by atoms with Crippen molar-refractivity contribution < 1.29 is 9.53 Å². The second-order valence-corrected chi connectivity index (χ2v) is 4.18. The maximum absolute atomic E-state index is 11.5. The molecule has 1 heterocycles. The van der Waals surface area contributed by atoms with Gasteiger partial charge in [0.05, 0.1) is 18.5 Å². The van der Waals surface area contributed by atoms with Gasteiger partial charge in [0.1, 0.15) is 0 Å². The van der Waals surface area contributed by atoms with Crippen LogP contribution in [0, 0.1) is 0 Å². The molecule has 1 aromatic carbocycles. The lowest BCUT2D eigenvalue weighted by molar-refractivity contribution is 0.0519. The standard InChI is InChI=1S/C13H12BrN3O2/c1-2-19-13(18)12-9-17(16-15-12)11-5-3-10(4-6-11)7-8-14/h3-9H,2H2,1H3/b8-7-. The summed E-state index contributed by atoms with van der Waals surface area (Å²) in [6, 6.07) is 7.68. The Morgan fingerprint density at radius 2 is 2.16 bits per heavy atom. The van der Waals surface area contributed by atoms with Gasteiger partial charge in [-0.2, -0.15) is 0 Å². The number of ether oxygens (including phenoxy) is 1. The molecule has 0 saturated heterocycles. The summed E-state index contributed by atoms with van der Waals surface area (Å²) in [6.45, 7) is 2.07. The van der Waals surface area contributed by atoms with E-state index in [1.165, 1.54) is 4.68 Å². The highest BCUT2D eigenvalue weighted by Crippen LogP contribution is 2.11. The van der Waals surface area contributed by atoms with E-state index in [1.54, 1.807) is 18.1 Å². The number of carbonyl (C=O) groups is 1. The summed E-state index contributed by atoms with van der Waals surface area (Å²) in [5, 5.41) is 7.69. The fourth-order valence-electron chi connectivity index (χ4n) is 1.50. The number of halogens is 1. The van der Waals surface area contributed by atoms with E-state index in [-0.39, 0.29) is 5.69 Å². The number of carbonyl (C=O) groups excluding carboxylic acids is 1. The maximum Gasteiger partial charge on any atom is 0.360 e. The number of benzene rings is 1. The van der Waals surface area contributed by atoms with Crippen LogP contribution in [0.25, 0.3) is 11.8 Å². The van der Waals surface area contributed by atoms with Crippen molar-refractivity contribution in [2.45, 2.75) is 6.92 Å². The third-order valence-electron chi connectivity index (χ3n) is 2.39. The van der Waals surface area contributed by atoms with Gasteiger partial charge in [-0.15, -0.1) is 5.10 Å². The van der Waals surface area contributed by atoms with Gasteiger partial charge >= 0.3 is 5.97 Å². The van der Waals surface area contributed by atoms with E-state index >= 15 is 0 Å². The Balaban J connectivity index is 2.20. The van der Waals surface area contributed by atoms with Gasteiger partial charge in [0.25, 0.3) is 0 Å². The van der Waals surface area contributed by atoms with Gasteiger partial charge < -0.3 is 4.74 Å². The Hall–Kier alpha value is -1.95. The van der Waals surface area contributed by atoms with Crippen LogP contribution in [-0.2, 0) is 4.74 Å². The Morgan fingerprint density at radius 1 is 1.42 bits per heavy atom. The average molecular weight is 322 g/mol. The molecular weight excluding hydrogens is 310 g/mol. The van der Waals surface area contributed by atoms with Crippen molar-refractivity contribution in [1.82, 2.24) is 15.0 Å². The van der Waals surface area contributed by atoms with Crippen molar-refractivity contribution >= 4 is 28.0 Å². The van der Waals surface area contributed by atoms with E-state index < -0.39 is 5.97 Å². The molecule has 0 spiro atoms. The quantitative estimate of drug-likeness (QED) is 0.812. The van der Waals surface area contributed by atoms with Gasteiger partial charge in [0.15, 0.2) is 5.69 Å². The Bertz CT molecular complexity index is 590. The van der Waals surface area contributed by atoms with Gasteiger partial charge in [-0.3, -0.25) is 0 Å². The first kappa shape index (κ1) is 13.5. The lowest BCUT2D eigenvalue weighted by atomic mass is 10.2. The van der Waals surface area contributed by atoms with Crippen LogP contribution in [0.5, 0.6) is 0 Å². The van der Waals surface area contributed by atoms with Crippen LogP contribution >= 0.6 is 15.9 Å². The zero-order chi connectivity index (χ0) is 13.7. The molecule has 5 nitrogen and oxygen atoms in total. The molecule has 19 heavy (non-hydrogen) atoms. The molecule has 0 radical (unpaired) electrons. The summed E-state index contributed by atoms with van der Waals surface area (Å²) >= 11 is 3.22. The summed E-state index contributed by atoms with van der Waals surface area (Å²) in [5.41, 5.74) is 2.09. The van der Waals surface area contributed by atoms with E-state index in [1.807, 2.05) is 30.3 Å². The maximum atomic E-state index is 11.5. The van der Waals surface area contributed by atoms with Crippen molar-refractivity contribution in [2.75, 3.05) is 6.61 Å². The summed E-state index contributed by atoms with van der Waals surface area (Å²) < 4.78 is 6.39.